The van der Waals surface area contributed by atoms with Crippen LogP contribution in [0, 0.1) is 0 Å². The van der Waals surface area contributed by atoms with Gasteiger partial charge in [0.15, 0.2) is 0 Å². The number of pyridine rings is 2. The number of hydrogen-bond donors (Lipinski definition) is 2. The van der Waals surface area contributed by atoms with Crippen molar-refractivity contribution in [3.05, 3.63) is 120 Å². The summed E-state index contributed by atoms with van der Waals surface area (Å²) in [4.78, 5) is 28.6. The van der Waals surface area contributed by atoms with E-state index in [1.54, 1.807) is 49.1 Å². The molecular formula is C28H26N2O6. The van der Waals surface area contributed by atoms with Gasteiger partial charge in [0.05, 0.1) is 25.3 Å². The lowest BCUT2D eigenvalue weighted by atomic mass is 10.2. The van der Waals surface area contributed by atoms with E-state index in [4.69, 9.17) is 19.7 Å². The highest BCUT2D eigenvalue weighted by Gasteiger charge is 2.01. The van der Waals surface area contributed by atoms with E-state index in [-0.39, 0.29) is 11.1 Å². The van der Waals surface area contributed by atoms with Gasteiger partial charge in [0.25, 0.3) is 0 Å². The number of carboxylic acid groups (broad SMARTS) is 2. The van der Waals surface area contributed by atoms with E-state index in [2.05, 4.69) is 22.1 Å². The van der Waals surface area contributed by atoms with E-state index in [1.165, 1.54) is 38.5 Å². The minimum absolute atomic E-state index is 0.269. The maximum Gasteiger partial charge on any atom is 0.335 e. The molecule has 0 aliphatic rings. The van der Waals surface area contributed by atoms with Crippen molar-refractivity contribution in [3.63, 3.8) is 0 Å². The van der Waals surface area contributed by atoms with Crippen LogP contribution < -0.4 is 9.47 Å². The van der Waals surface area contributed by atoms with Crippen LogP contribution in [0.5, 0.6) is 11.5 Å². The Balaban J connectivity index is 0.000000193. The topological polar surface area (TPSA) is 119 Å². The van der Waals surface area contributed by atoms with Gasteiger partial charge in [-0.3, -0.25) is 9.97 Å². The zero-order valence-corrected chi connectivity index (χ0v) is 19.8. The summed E-state index contributed by atoms with van der Waals surface area (Å²) in [5, 5.41) is 17.0. The third-order valence-electron chi connectivity index (χ3n) is 4.55. The number of ether oxygens (including phenoxy) is 2. The Labute approximate surface area is 209 Å². The fourth-order valence-electron chi connectivity index (χ4n) is 2.61. The third kappa shape index (κ3) is 9.88. The highest BCUT2D eigenvalue weighted by atomic mass is 16.5. The molecule has 0 aliphatic carbocycles. The second-order valence-electron chi connectivity index (χ2n) is 6.96. The van der Waals surface area contributed by atoms with Gasteiger partial charge in [-0.15, -0.1) is 0 Å². The van der Waals surface area contributed by atoms with Gasteiger partial charge >= 0.3 is 11.9 Å². The van der Waals surface area contributed by atoms with Crippen molar-refractivity contribution < 1.29 is 29.3 Å². The van der Waals surface area contributed by atoms with Crippen molar-refractivity contribution in [3.8, 4) is 11.5 Å². The summed E-state index contributed by atoms with van der Waals surface area (Å²) in [6.07, 6.45) is 11.2. The van der Waals surface area contributed by atoms with Gasteiger partial charge in [0.2, 0.25) is 0 Å². The second-order valence-corrected chi connectivity index (χ2v) is 6.96. The zero-order chi connectivity index (χ0) is 26.2. The first-order valence-corrected chi connectivity index (χ1v) is 10.7. The van der Waals surface area contributed by atoms with Gasteiger partial charge in [-0.25, -0.2) is 9.59 Å². The molecule has 2 heterocycles. The van der Waals surface area contributed by atoms with E-state index in [0.29, 0.717) is 11.5 Å². The Kier molecular flexibility index (Phi) is 11.4. The summed E-state index contributed by atoms with van der Waals surface area (Å²) in [5.74, 6) is -0.523. The van der Waals surface area contributed by atoms with Gasteiger partial charge in [-0.2, -0.15) is 0 Å². The predicted molar refractivity (Wildman–Crippen MR) is 137 cm³/mol. The molecule has 2 N–H and O–H groups in total. The Hall–Kier alpha value is -4.98. The average molecular weight is 487 g/mol. The summed E-state index contributed by atoms with van der Waals surface area (Å²) in [5.41, 5.74) is 2.84. The summed E-state index contributed by atoms with van der Waals surface area (Å²) in [7, 11) is 3.07. The van der Waals surface area contributed by atoms with Crippen LogP contribution in [0.4, 0.5) is 0 Å². The van der Waals surface area contributed by atoms with Crippen LogP contribution in [0.25, 0.3) is 12.2 Å². The fourth-order valence-corrected chi connectivity index (χ4v) is 2.61. The Morgan fingerprint density at radius 3 is 1.14 bits per heavy atom. The van der Waals surface area contributed by atoms with Crippen molar-refractivity contribution in [1.82, 2.24) is 9.97 Å². The maximum absolute atomic E-state index is 10.4. The molecule has 0 amide bonds. The summed E-state index contributed by atoms with van der Waals surface area (Å²) >= 11 is 0. The number of methoxy groups -OCH3 is 2. The first kappa shape index (κ1) is 27.3. The summed E-state index contributed by atoms with van der Waals surface area (Å²) < 4.78 is 9.71. The fraction of sp³-hybridized carbons (Fsp3) is 0.0714. The molecule has 0 fully saturated rings. The number of hydrogen-bond acceptors (Lipinski definition) is 6. The number of rotatable bonds is 6. The molecule has 4 aromatic rings. The van der Waals surface area contributed by atoms with Crippen LogP contribution in [-0.2, 0) is 0 Å². The van der Waals surface area contributed by atoms with Crippen molar-refractivity contribution in [2.45, 2.75) is 0 Å². The second kappa shape index (κ2) is 15.0. The first-order valence-electron chi connectivity index (χ1n) is 10.7. The van der Waals surface area contributed by atoms with E-state index < -0.39 is 11.9 Å². The molecule has 0 aliphatic heterocycles. The smallest absolute Gasteiger partial charge is 0.335 e. The van der Waals surface area contributed by atoms with E-state index in [1.807, 2.05) is 24.3 Å². The standard InChI is InChI=1S/C12H10N2.2C8H8O3/c1(11-3-7-13-8-4-11)2-12-5-9-14-10-6-12;2*1-11-7-4-2-6(3-5-7)8(9)10/h1-10H;2*2-5H,1H3,(H,9,10)/b2-1+;;. The van der Waals surface area contributed by atoms with Gasteiger partial charge in [0, 0.05) is 24.8 Å². The quantitative estimate of drug-likeness (QED) is 0.370. The number of carboxylic acids is 2. The van der Waals surface area contributed by atoms with Gasteiger partial charge < -0.3 is 19.7 Å². The molecule has 0 saturated carbocycles. The van der Waals surface area contributed by atoms with Crippen LogP contribution in [0.1, 0.15) is 31.8 Å². The van der Waals surface area contributed by atoms with E-state index >= 15 is 0 Å². The number of aromatic nitrogens is 2. The Bertz CT molecular complexity index is 1130. The molecule has 0 bridgehead atoms. The molecule has 2 aromatic heterocycles. The number of nitrogens with zero attached hydrogens (tertiary/aromatic N) is 2. The summed E-state index contributed by atoms with van der Waals surface area (Å²) in [6.45, 7) is 0. The first-order chi connectivity index (χ1) is 17.4. The SMILES string of the molecule is C(=C\c1ccncc1)/c1ccncc1.COc1ccc(C(=O)O)cc1.COc1ccc(C(=O)O)cc1. The van der Waals surface area contributed by atoms with Crippen LogP contribution in [0.2, 0.25) is 0 Å². The molecule has 0 saturated heterocycles. The highest BCUT2D eigenvalue weighted by Crippen LogP contribution is 2.11. The molecule has 184 valence electrons. The molecule has 0 spiro atoms. The van der Waals surface area contributed by atoms with Crippen LogP contribution in [-0.4, -0.2) is 46.3 Å². The molecule has 8 nitrogen and oxygen atoms in total. The zero-order valence-electron chi connectivity index (χ0n) is 19.8. The summed E-state index contributed by atoms with van der Waals surface area (Å²) in [6, 6.07) is 20.3. The lowest BCUT2D eigenvalue weighted by Crippen LogP contribution is -1.95. The highest BCUT2D eigenvalue weighted by molar-refractivity contribution is 5.88. The maximum atomic E-state index is 10.4. The van der Waals surface area contributed by atoms with Crippen LogP contribution in [0.15, 0.2) is 97.6 Å². The van der Waals surface area contributed by atoms with E-state index in [0.717, 1.165) is 11.1 Å². The number of benzene rings is 2. The molecule has 0 atom stereocenters. The normalized spacial score (nSPS) is 9.72. The monoisotopic (exact) mass is 486 g/mol. The molecule has 36 heavy (non-hydrogen) atoms. The van der Waals surface area contributed by atoms with Crippen molar-refractivity contribution in [1.29, 1.82) is 0 Å². The number of aromatic carboxylic acids is 2. The van der Waals surface area contributed by atoms with Gasteiger partial charge in [0.1, 0.15) is 11.5 Å². The van der Waals surface area contributed by atoms with Crippen molar-refractivity contribution in [2.24, 2.45) is 0 Å². The molecule has 0 radical (unpaired) electrons. The molecule has 2 aromatic carbocycles. The van der Waals surface area contributed by atoms with Gasteiger partial charge in [-0.05, 0) is 83.9 Å². The van der Waals surface area contributed by atoms with Gasteiger partial charge in [-0.1, -0.05) is 12.2 Å². The van der Waals surface area contributed by atoms with Crippen LogP contribution >= 0.6 is 0 Å². The van der Waals surface area contributed by atoms with E-state index in [9.17, 15) is 9.59 Å². The van der Waals surface area contributed by atoms with Crippen LogP contribution in [0.3, 0.4) is 0 Å². The Morgan fingerprint density at radius 1 is 0.583 bits per heavy atom. The Morgan fingerprint density at radius 2 is 0.889 bits per heavy atom. The van der Waals surface area contributed by atoms with Crippen molar-refractivity contribution in [2.75, 3.05) is 14.2 Å². The minimum atomic E-state index is -0.923. The minimum Gasteiger partial charge on any atom is -0.497 e. The largest absolute Gasteiger partial charge is 0.497 e. The predicted octanol–water partition coefficient (Wildman–Crippen LogP) is 5.43. The molecule has 4 rings (SSSR count). The molecular weight excluding hydrogens is 460 g/mol. The third-order valence-corrected chi connectivity index (χ3v) is 4.55. The van der Waals surface area contributed by atoms with Crippen molar-refractivity contribution >= 4 is 24.1 Å². The molecule has 0 unspecified atom stereocenters. The lowest BCUT2D eigenvalue weighted by molar-refractivity contribution is 0.0686. The lowest BCUT2D eigenvalue weighted by Gasteiger charge is -1.98. The number of carbonyl (C=O) groups is 2. The average Bonchev–Trinajstić information content (AvgIpc) is 2.94. The molecule has 8 heteroatoms.